The molecule has 1 aromatic heterocycles. The number of fused-ring (bicyclic) bond motifs is 1. The number of halogens is 5. The molecule has 0 saturated carbocycles. The molecular weight excluding hydrogens is 520 g/mol. The lowest BCUT2D eigenvalue weighted by Crippen LogP contribution is -2.14. The Labute approximate surface area is 200 Å². The molecule has 0 atom stereocenters. The van der Waals surface area contributed by atoms with Crippen LogP contribution in [0.4, 0.5) is 18.9 Å². The Morgan fingerprint density at radius 2 is 1.82 bits per heavy atom. The van der Waals surface area contributed by atoms with Crippen LogP contribution in [-0.2, 0) is 16.2 Å². The summed E-state index contributed by atoms with van der Waals surface area (Å²) in [6, 6.07) is 11.9. The summed E-state index contributed by atoms with van der Waals surface area (Å²) in [5, 5.41) is -0.0668. The fraction of sp³-hybridized carbons (Fsp3) is 0.0952. The average molecular weight is 533 g/mol. The Morgan fingerprint density at radius 1 is 1.06 bits per heavy atom. The molecule has 0 aliphatic rings. The van der Waals surface area contributed by atoms with Gasteiger partial charge in [-0.25, -0.2) is 13.4 Å². The van der Waals surface area contributed by atoms with Gasteiger partial charge in [-0.1, -0.05) is 46.7 Å². The topological polar surface area (TPSA) is 68.3 Å². The van der Waals surface area contributed by atoms with Gasteiger partial charge in [-0.05, 0) is 48.9 Å². The fourth-order valence-electron chi connectivity index (χ4n) is 3.00. The van der Waals surface area contributed by atoms with Gasteiger partial charge >= 0.3 is 6.18 Å². The lowest BCUT2D eigenvalue weighted by Gasteiger charge is -2.13. The fourth-order valence-corrected chi connectivity index (χ4v) is 5.72. The van der Waals surface area contributed by atoms with Gasteiger partial charge in [0.2, 0.25) is 0 Å². The van der Waals surface area contributed by atoms with Crippen molar-refractivity contribution in [2.24, 2.45) is 0 Å². The summed E-state index contributed by atoms with van der Waals surface area (Å²) in [7, 11) is -4.32. The van der Waals surface area contributed by atoms with Gasteiger partial charge in [0.05, 0.1) is 26.5 Å². The van der Waals surface area contributed by atoms with Gasteiger partial charge in [-0.2, -0.15) is 13.2 Å². The quantitative estimate of drug-likeness (QED) is 0.288. The van der Waals surface area contributed by atoms with Gasteiger partial charge in [0, 0.05) is 11.1 Å². The maximum Gasteiger partial charge on any atom is 0.416 e. The molecule has 0 saturated heterocycles. The zero-order valence-corrected chi connectivity index (χ0v) is 19.7. The summed E-state index contributed by atoms with van der Waals surface area (Å²) in [4.78, 5) is 3.92. The number of hydrogen-bond acceptors (Lipinski definition) is 5. The SMILES string of the molecule is Cc1cccc2sc(Oc3cc(Cl)cc(NS(=O)(=O)c4ccc(C(F)(F)F)cc4Cl)c3)nc12. The van der Waals surface area contributed by atoms with Crippen LogP contribution in [0.1, 0.15) is 11.1 Å². The zero-order chi connectivity index (χ0) is 24.0. The van der Waals surface area contributed by atoms with Crippen LogP contribution in [0.15, 0.2) is 59.5 Å². The highest BCUT2D eigenvalue weighted by molar-refractivity contribution is 7.92. The Balaban J connectivity index is 1.61. The first-order valence-electron chi connectivity index (χ1n) is 9.16. The maximum absolute atomic E-state index is 12.8. The zero-order valence-electron chi connectivity index (χ0n) is 16.6. The molecule has 0 spiro atoms. The van der Waals surface area contributed by atoms with Crippen molar-refractivity contribution in [2.45, 2.75) is 18.0 Å². The van der Waals surface area contributed by atoms with Crippen LogP contribution in [0.5, 0.6) is 10.9 Å². The number of anilines is 1. The van der Waals surface area contributed by atoms with E-state index in [1.165, 1.54) is 29.5 Å². The summed E-state index contributed by atoms with van der Waals surface area (Å²) >= 11 is 13.3. The summed E-state index contributed by atoms with van der Waals surface area (Å²) in [5.74, 6) is 0.218. The number of para-hydroxylation sites is 1. The standard InChI is InChI=1S/C21H13Cl2F3N2O3S2/c1-11-3-2-4-17-19(11)27-20(32-17)31-15-9-13(22)8-14(10-15)28-33(29,30)18-6-5-12(7-16(18)23)21(24,25)26/h2-10,28H,1H3. The van der Waals surface area contributed by atoms with Crippen molar-refractivity contribution in [2.75, 3.05) is 4.72 Å². The van der Waals surface area contributed by atoms with E-state index in [9.17, 15) is 21.6 Å². The Hall–Kier alpha value is -2.53. The smallest absolute Gasteiger partial charge is 0.416 e. The van der Waals surface area contributed by atoms with Gasteiger partial charge in [-0.3, -0.25) is 4.72 Å². The molecule has 0 aliphatic heterocycles. The molecule has 172 valence electrons. The van der Waals surface area contributed by atoms with E-state index < -0.39 is 31.7 Å². The molecule has 0 unspecified atom stereocenters. The minimum absolute atomic E-state index is 0.0331. The van der Waals surface area contributed by atoms with Crippen molar-refractivity contribution in [1.82, 2.24) is 4.98 Å². The highest BCUT2D eigenvalue weighted by Crippen LogP contribution is 2.36. The molecule has 5 nitrogen and oxygen atoms in total. The van der Waals surface area contributed by atoms with E-state index in [1.807, 2.05) is 25.1 Å². The number of nitrogens with zero attached hydrogens (tertiary/aromatic N) is 1. The molecule has 4 aromatic rings. The molecule has 3 aromatic carbocycles. The number of alkyl halides is 3. The van der Waals surface area contributed by atoms with Crippen LogP contribution < -0.4 is 9.46 Å². The highest BCUT2D eigenvalue weighted by atomic mass is 35.5. The first-order valence-corrected chi connectivity index (χ1v) is 12.2. The van der Waals surface area contributed by atoms with E-state index in [2.05, 4.69) is 9.71 Å². The second kappa shape index (κ2) is 8.68. The first kappa shape index (κ1) is 23.6. The predicted octanol–water partition coefficient (Wildman–Crippen LogP) is 7.52. The molecule has 12 heteroatoms. The molecule has 0 amide bonds. The number of nitrogens with one attached hydrogen (secondary N) is 1. The van der Waals surface area contributed by atoms with Crippen molar-refractivity contribution >= 4 is 60.5 Å². The number of hydrogen-bond donors (Lipinski definition) is 1. The van der Waals surface area contributed by atoms with Crippen molar-refractivity contribution in [3.8, 4) is 10.9 Å². The van der Waals surface area contributed by atoms with Crippen LogP contribution in [0, 0.1) is 6.92 Å². The van der Waals surface area contributed by atoms with E-state index in [0.717, 1.165) is 21.8 Å². The van der Waals surface area contributed by atoms with E-state index in [-0.39, 0.29) is 16.5 Å². The third kappa shape index (κ3) is 5.19. The summed E-state index contributed by atoms with van der Waals surface area (Å²) in [5.41, 5.74) is 0.741. The number of ether oxygens (including phenoxy) is 1. The second-order valence-corrected chi connectivity index (χ2v) is 10.4. The monoisotopic (exact) mass is 532 g/mol. The van der Waals surface area contributed by atoms with Crippen LogP contribution >= 0.6 is 34.5 Å². The van der Waals surface area contributed by atoms with Crippen LogP contribution in [0.3, 0.4) is 0 Å². The molecule has 0 radical (unpaired) electrons. The van der Waals surface area contributed by atoms with E-state index in [0.29, 0.717) is 17.3 Å². The van der Waals surface area contributed by atoms with Gasteiger partial charge in [0.25, 0.3) is 15.2 Å². The number of sulfonamides is 1. The molecule has 33 heavy (non-hydrogen) atoms. The lowest BCUT2D eigenvalue weighted by molar-refractivity contribution is -0.137. The highest BCUT2D eigenvalue weighted by Gasteiger charge is 2.32. The van der Waals surface area contributed by atoms with Crippen LogP contribution in [0.25, 0.3) is 10.2 Å². The number of aryl methyl sites for hydroxylation is 1. The van der Waals surface area contributed by atoms with Crippen LogP contribution in [-0.4, -0.2) is 13.4 Å². The minimum atomic E-state index is -4.66. The number of aromatic nitrogens is 1. The van der Waals surface area contributed by atoms with Crippen molar-refractivity contribution in [3.63, 3.8) is 0 Å². The Bertz CT molecular complexity index is 1470. The number of rotatable bonds is 5. The molecular formula is C21H13Cl2F3N2O3S2. The summed E-state index contributed by atoms with van der Waals surface area (Å²) in [6.45, 7) is 1.92. The summed E-state index contributed by atoms with van der Waals surface area (Å²) < 4.78 is 73.0. The molecule has 0 aliphatic carbocycles. The second-order valence-electron chi connectivity index (χ2n) is 6.93. The predicted molar refractivity (Wildman–Crippen MR) is 123 cm³/mol. The molecule has 0 fully saturated rings. The van der Waals surface area contributed by atoms with E-state index in [1.54, 1.807) is 0 Å². The Morgan fingerprint density at radius 3 is 2.48 bits per heavy atom. The normalized spacial score (nSPS) is 12.2. The number of thiazole rings is 1. The third-order valence-corrected chi connectivity index (χ3v) is 7.46. The summed E-state index contributed by atoms with van der Waals surface area (Å²) in [6.07, 6.45) is -4.66. The maximum atomic E-state index is 12.8. The van der Waals surface area contributed by atoms with Crippen LogP contribution in [0.2, 0.25) is 10.0 Å². The average Bonchev–Trinajstić information content (AvgIpc) is 3.10. The van der Waals surface area contributed by atoms with Crippen molar-refractivity contribution in [1.29, 1.82) is 0 Å². The molecule has 4 rings (SSSR count). The van der Waals surface area contributed by atoms with Crippen molar-refractivity contribution in [3.05, 3.63) is 75.8 Å². The van der Waals surface area contributed by atoms with Gasteiger partial charge < -0.3 is 4.74 Å². The van der Waals surface area contributed by atoms with Gasteiger partial charge in [-0.15, -0.1) is 0 Å². The van der Waals surface area contributed by atoms with E-state index in [4.69, 9.17) is 27.9 Å². The number of benzene rings is 3. The lowest BCUT2D eigenvalue weighted by atomic mass is 10.2. The Kier molecular flexibility index (Phi) is 6.21. The largest absolute Gasteiger partial charge is 0.431 e. The third-order valence-electron chi connectivity index (χ3n) is 4.48. The molecule has 0 bridgehead atoms. The molecule has 1 heterocycles. The van der Waals surface area contributed by atoms with Gasteiger partial charge in [0.15, 0.2) is 0 Å². The minimum Gasteiger partial charge on any atom is -0.431 e. The molecule has 1 N–H and O–H groups in total. The first-order chi connectivity index (χ1) is 15.4. The van der Waals surface area contributed by atoms with E-state index >= 15 is 0 Å². The van der Waals surface area contributed by atoms with Crippen molar-refractivity contribution < 1.29 is 26.3 Å². The van der Waals surface area contributed by atoms with Gasteiger partial charge in [0.1, 0.15) is 10.6 Å².